The van der Waals surface area contributed by atoms with Gasteiger partial charge in [-0.25, -0.2) is 13.4 Å². The summed E-state index contributed by atoms with van der Waals surface area (Å²) in [5.41, 5.74) is 1.20. The number of carbonyl (C=O) groups excluding carboxylic acids is 1. The highest BCUT2D eigenvalue weighted by atomic mass is 32.2. The summed E-state index contributed by atoms with van der Waals surface area (Å²) in [6, 6.07) is 13.0. The molecule has 3 rings (SSSR count). The molecule has 2 N–H and O–H groups in total. The van der Waals surface area contributed by atoms with Gasteiger partial charge >= 0.3 is 0 Å². The fraction of sp³-hybridized carbons (Fsp3) is 0.111. The van der Waals surface area contributed by atoms with E-state index in [0.29, 0.717) is 16.9 Å². The standard InChI is InChI=1S/C18H18N4O3S2/c1-22(2)16-9-8-15(12-19-16)20-18(23)13-5-3-6-14(11-13)21-27(24,25)17-7-4-10-26-17/h3-12,21H,1-2H3,(H,20,23). The van der Waals surface area contributed by atoms with Crippen LogP contribution in [0.1, 0.15) is 10.4 Å². The van der Waals surface area contributed by atoms with Crippen molar-refractivity contribution in [2.75, 3.05) is 29.0 Å². The van der Waals surface area contributed by atoms with Gasteiger partial charge in [-0.3, -0.25) is 9.52 Å². The minimum absolute atomic E-state index is 0.212. The molecule has 0 spiro atoms. The molecule has 2 heterocycles. The molecule has 1 aromatic carbocycles. The molecule has 9 heteroatoms. The number of nitrogens with one attached hydrogen (secondary N) is 2. The minimum atomic E-state index is -3.66. The Morgan fingerprint density at radius 2 is 1.89 bits per heavy atom. The molecule has 0 radical (unpaired) electrons. The van der Waals surface area contributed by atoms with Crippen LogP contribution in [0.3, 0.4) is 0 Å². The molecule has 0 aliphatic heterocycles. The van der Waals surface area contributed by atoms with Gasteiger partial charge in [-0.15, -0.1) is 11.3 Å². The van der Waals surface area contributed by atoms with Crippen LogP contribution in [0, 0.1) is 0 Å². The lowest BCUT2D eigenvalue weighted by Gasteiger charge is -2.12. The minimum Gasteiger partial charge on any atom is -0.363 e. The van der Waals surface area contributed by atoms with Gasteiger partial charge in [0.25, 0.3) is 15.9 Å². The van der Waals surface area contributed by atoms with Crippen LogP contribution in [0.5, 0.6) is 0 Å². The number of hydrogen-bond acceptors (Lipinski definition) is 6. The van der Waals surface area contributed by atoms with Crippen LogP contribution in [0.15, 0.2) is 64.3 Å². The maximum atomic E-state index is 12.5. The van der Waals surface area contributed by atoms with E-state index in [1.54, 1.807) is 48.0 Å². The lowest BCUT2D eigenvalue weighted by atomic mass is 10.2. The molecule has 0 aliphatic rings. The number of thiophene rings is 1. The van der Waals surface area contributed by atoms with E-state index >= 15 is 0 Å². The van der Waals surface area contributed by atoms with Gasteiger partial charge in [0.2, 0.25) is 0 Å². The molecule has 2 aromatic heterocycles. The Kier molecular flexibility index (Phi) is 5.43. The van der Waals surface area contributed by atoms with Gasteiger partial charge < -0.3 is 10.2 Å². The van der Waals surface area contributed by atoms with Crippen molar-refractivity contribution < 1.29 is 13.2 Å². The zero-order chi connectivity index (χ0) is 19.4. The molecular formula is C18H18N4O3S2. The second-order valence-corrected chi connectivity index (χ2v) is 8.73. The number of rotatable bonds is 6. The molecule has 0 saturated heterocycles. The normalized spacial score (nSPS) is 11.0. The first kappa shape index (κ1) is 18.9. The van der Waals surface area contributed by atoms with Crippen LogP contribution in [0.25, 0.3) is 0 Å². The summed E-state index contributed by atoms with van der Waals surface area (Å²) >= 11 is 1.12. The highest BCUT2D eigenvalue weighted by molar-refractivity contribution is 7.94. The topological polar surface area (TPSA) is 91.4 Å². The third-order valence-electron chi connectivity index (χ3n) is 3.60. The predicted molar refractivity (Wildman–Crippen MR) is 108 cm³/mol. The van der Waals surface area contributed by atoms with Gasteiger partial charge in [0.1, 0.15) is 10.0 Å². The number of amides is 1. The Morgan fingerprint density at radius 1 is 1.07 bits per heavy atom. The number of nitrogens with zero attached hydrogens (tertiary/aromatic N) is 2. The molecule has 3 aromatic rings. The molecule has 0 saturated carbocycles. The van der Waals surface area contributed by atoms with E-state index < -0.39 is 10.0 Å². The molecule has 0 bridgehead atoms. The Balaban J connectivity index is 1.74. The summed E-state index contributed by atoms with van der Waals surface area (Å²) in [7, 11) is 0.0945. The van der Waals surface area contributed by atoms with Crippen LogP contribution in [-0.4, -0.2) is 33.4 Å². The van der Waals surface area contributed by atoms with Crippen molar-refractivity contribution in [2.24, 2.45) is 0 Å². The summed E-state index contributed by atoms with van der Waals surface area (Å²) in [4.78, 5) is 18.6. The van der Waals surface area contributed by atoms with E-state index in [1.807, 2.05) is 19.0 Å². The Morgan fingerprint density at radius 3 is 2.52 bits per heavy atom. The van der Waals surface area contributed by atoms with E-state index in [1.165, 1.54) is 12.1 Å². The monoisotopic (exact) mass is 402 g/mol. The largest absolute Gasteiger partial charge is 0.363 e. The third-order valence-corrected chi connectivity index (χ3v) is 6.38. The van der Waals surface area contributed by atoms with Crippen molar-refractivity contribution >= 4 is 44.5 Å². The third kappa shape index (κ3) is 4.63. The smallest absolute Gasteiger partial charge is 0.271 e. The number of carbonyl (C=O) groups is 1. The summed E-state index contributed by atoms with van der Waals surface area (Å²) in [6.07, 6.45) is 1.57. The highest BCUT2D eigenvalue weighted by Crippen LogP contribution is 2.21. The molecule has 1 amide bonds. The highest BCUT2D eigenvalue weighted by Gasteiger charge is 2.16. The van der Waals surface area contributed by atoms with E-state index in [0.717, 1.165) is 17.2 Å². The van der Waals surface area contributed by atoms with Gasteiger partial charge in [0, 0.05) is 25.3 Å². The van der Waals surface area contributed by atoms with Crippen molar-refractivity contribution in [2.45, 2.75) is 4.21 Å². The van der Waals surface area contributed by atoms with Crippen LogP contribution >= 0.6 is 11.3 Å². The zero-order valence-electron chi connectivity index (χ0n) is 14.7. The number of sulfonamides is 1. The molecular weight excluding hydrogens is 384 g/mol. The van der Waals surface area contributed by atoms with Crippen molar-refractivity contribution in [3.05, 3.63) is 65.7 Å². The number of benzene rings is 1. The first-order chi connectivity index (χ1) is 12.8. The number of hydrogen-bond donors (Lipinski definition) is 2. The Hall–Kier alpha value is -2.91. The lowest BCUT2D eigenvalue weighted by Crippen LogP contribution is -2.15. The maximum Gasteiger partial charge on any atom is 0.271 e. The molecule has 7 nitrogen and oxygen atoms in total. The second kappa shape index (κ2) is 7.77. The SMILES string of the molecule is CN(C)c1ccc(NC(=O)c2cccc(NS(=O)(=O)c3cccs3)c2)cn1. The van der Waals surface area contributed by atoms with Gasteiger partial charge in [0.15, 0.2) is 0 Å². The van der Waals surface area contributed by atoms with Crippen LogP contribution in [-0.2, 0) is 10.0 Å². The molecule has 0 unspecified atom stereocenters. The Bertz CT molecular complexity index is 1030. The first-order valence-electron chi connectivity index (χ1n) is 7.96. The fourth-order valence-electron chi connectivity index (χ4n) is 2.27. The van der Waals surface area contributed by atoms with E-state index in [-0.39, 0.29) is 10.1 Å². The molecule has 0 aliphatic carbocycles. The summed E-state index contributed by atoms with van der Waals surface area (Å²) in [5, 5.41) is 4.44. The van der Waals surface area contributed by atoms with Gasteiger partial charge in [0.05, 0.1) is 11.9 Å². The summed E-state index contributed by atoms with van der Waals surface area (Å²) in [6.45, 7) is 0. The molecule has 27 heavy (non-hydrogen) atoms. The van der Waals surface area contributed by atoms with Crippen molar-refractivity contribution in [1.29, 1.82) is 0 Å². The van der Waals surface area contributed by atoms with Gasteiger partial charge in [-0.1, -0.05) is 12.1 Å². The molecule has 0 fully saturated rings. The van der Waals surface area contributed by atoms with E-state index in [4.69, 9.17) is 0 Å². The van der Waals surface area contributed by atoms with E-state index in [2.05, 4.69) is 15.0 Å². The summed E-state index contributed by atoms with van der Waals surface area (Å²) in [5.74, 6) is 0.421. The number of anilines is 3. The van der Waals surface area contributed by atoms with Crippen LogP contribution < -0.4 is 14.9 Å². The second-order valence-electron chi connectivity index (χ2n) is 5.87. The van der Waals surface area contributed by atoms with Gasteiger partial charge in [-0.2, -0.15) is 0 Å². The average Bonchev–Trinajstić information content (AvgIpc) is 3.18. The maximum absolute atomic E-state index is 12.5. The zero-order valence-corrected chi connectivity index (χ0v) is 16.3. The molecule has 140 valence electrons. The fourth-order valence-corrected chi connectivity index (χ4v) is 4.32. The Labute approximate surface area is 161 Å². The van der Waals surface area contributed by atoms with Gasteiger partial charge in [-0.05, 0) is 41.8 Å². The number of pyridine rings is 1. The van der Waals surface area contributed by atoms with Crippen molar-refractivity contribution in [3.8, 4) is 0 Å². The van der Waals surface area contributed by atoms with Crippen molar-refractivity contribution in [1.82, 2.24) is 4.98 Å². The summed E-state index contributed by atoms with van der Waals surface area (Å²) < 4.78 is 27.3. The van der Waals surface area contributed by atoms with Crippen LogP contribution in [0.4, 0.5) is 17.2 Å². The van der Waals surface area contributed by atoms with Crippen molar-refractivity contribution in [3.63, 3.8) is 0 Å². The quantitative estimate of drug-likeness (QED) is 0.660. The van der Waals surface area contributed by atoms with E-state index in [9.17, 15) is 13.2 Å². The lowest BCUT2D eigenvalue weighted by molar-refractivity contribution is 0.102. The van der Waals surface area contributed by atoms with Crippen LogP contribution in [0.2, 0.25) is 0 Å². The predicted octanol–water partition coefficient (Wildman–Crippen LogP) is 3.26. The number of aromatic nitrogens is 1. The first-order valence-corrected chi connectivity index (χ1v) is 10.3. The average molecular weight is 403 g/mol. The molecule has 0 atom stereocenters.